The highest BCUT2D eigenvalue weighted by molar-refractivity contribution is 14.1. The van der Waals surface area contributed by atoms with E-state index in [-0.39, 0.29) is 0 Å². The molecule has 0 bridgehead atoms. The second-order valence-corrected chi connectivity index (χ2v) is 7.40. The van der Waals surface area contributed by atoms with E-state index in [4.69, 9.17) is 0 Å². The molecule has 1 aliphatic rings. The van der Waals surface area contributed by atoms with Gasteiger partial charge in [-0.3, -0.25) is 14.5 Å². The average Bonchev–Trinajstić information content (AvgIpc) is 2.57. The van der Waals surface area contributed by atoms with Crippen molar-refractivity contribution in [1.29, 1.82) is 0 Å². The number of nitrogens with one attached hydrogen (secondary N) is 2. The van der Waals surface area contributed by atoms with E-state index in [2.05, 4.69) is 57.0 Å². The van der Waals surface area contributed by atoms with Gasteiger partial charge in [0.05, 0.1) is 11.0 Å². The predicted octanol–water partition coefficient (Wildman–Crippen LogP) is 2.87. The summed E-state index contributed by atoms with van der Waals surface area (Å²) < 4.78 is 1.13. The molecule has 0 aliphatic carbocycles. The summed E-state index contributed by atoms with van der Waals surface area (Å²) in [5.41, 5.74) is 3.87. The fourth-order valence-electron chi connectivity index (χ4n) is 3.19. The van der Waals surface area contributed by atoms with Crippen LogP contribution in [0.3, 0.4) is 0 Å². The molecule has 5 nitrogen and oxygen atoms in total. The molecule has 2 N–H and O–H groups in total. The number of hydrogen-bond donors (Lipinski definition) is 2. The second kappa shape index (κ2) is 7.53. The van der Waals surface area contributed by atoms with Gasteiger partial charge in [0.25, 0.3) is 0 Å². The van der Waals surface area contributed by atoms with E-state index < -0.39 is 11.1 Å². The number of aromatic nitrogens is 2. The monoisotopic (exact) mass is 449 g/mol. The van der Waals surface area contributed by atoms with Crippen molar-refractivity contribution in [3.8, 4) is 0 Å². The number of aromatic amines is 2. The van der Waals surface area contributed by atoms with Gasteiger partial charge in [0.15, 0.2) is 0 Å². The van der Waals surface area contributed by atoms with E-state index in [0.29, 0.717) is 5.52 Å². The number of rotatable bonds is 4. The number of nitrogens with zero attached hydrogens (tertiary/aromatic N) is 1. The Bertz CT molecular complexity index is 998. The van der Waals surface area contributed by atoms with Gasteiger partial charge in [-0.15, -0.1) is 0 Å². The Morgan fingerprint density at radius 3 is 2.80 bits per heavy atom. The fourth-order valence-corrected chi connectivity index (χ4v) is 4.10. The maximum atomic E-state index is 11.8. The Morgan fingerprint density at radius 2 is 2.04 bits per heavy atom. The van der Waals surface area contributed by atoms with Gasteiger partial charge in [-0.05, 0) is 53.1 Å². The zero-order chi connectivity index (χ0) is 18.0. The summed E-state index contributed by atoms with van der Waals surface area (Å²) >= 11 is 2.30. The van der Waals surface area contributed by atoms with Crippen LogP contribution in [0.2, 0.25) is 0 Å². The molecule has 3 rings (SSSR count). The number of allylic oxidation sites excluding steroid dienone is 4. The van der Waals surface area contributed by atoms with E-state index >= 15 is 0 Å². The molecular formula is C19H20IN3O2. The van der Waals surface area contributed by atoms with Gasteiger partial charge in [-0.2, -0.15) is 0 Å². The first kappa shape index (κ1) is 17.9. The van der Waals surface area contributed by atoms with Crippen LogP contribution >= 0.6 is 22.6 Å². The van der Waals surface area contributed by atoms with Crippen LogP contribution < -0.4 is 11.1 Å². The summed E-state index contributed by atoms with van der Waals surface area (Å²) in [5, 5.41) is 0. The zero-order valence-electron chi connectivity index (χ0n) is 14.1. The van der Waals surface area contributed by atoms with Crippen molar-refractivity contribution in [2.24, 2.45) is 0 Å². The molecule has 0 saturated heterocycles. The van der Waals surface area contributed by atoms with Gasteiger partial charge < -0.3 is 9.97 Å². The highest BCUT2D eigenvalue weighted by Crippen LogP contribution is 2.29. The third kappa shape index (κ3) is 3.85. The quantitative estimate of drug-likeness (QED) is 0.429. The molecule has 25 heavy (non-hydrogen) atoms. The maximum absolute atomic E-state index is 11.8. The van der Waals surface area contributed by atoms with Gasteiger partial charge in [0, 0.05) is 23.2 Å². The Balaban J connectivity index is 1.96. The molecule has 1 aromatic carbocycles. The molecule has 0 unspecified atom stereocenters. The van der Waals surface area contributed by atoms with Crippen LogP contribution in [0.5, 0.6) is 0 Å². The Hall–Kier alpha value is -1.93. The maximum Gasteiger partial charge on any atom is 0.314 e. The average molecular weight is 449 g/mol. The molecule has 0 spiro atoms. The summed E-state index contributed by atoms with van der Waals surface area (Å²) in [7, 11) is 0. The molecule has 2 aromatic rings. The lowest BCUT2D eigenvalue weighted by atomic mass is 9.97. The summed E-state index contributed by atoms with van der Waals surface area (Å²) in [4.78, 5) is 31.2. The summed E-state index contributed by atoms with van der Waals surface area (Å²) in [6.07, 6.45) is 8.67. The largest absolute Gasteiger partial charge is 0.316 e. The molecule has 1 aromatic heterocycles. The summed E-state index contributed by atoms with van der Waals surface area (Å²) in [5.74, 6) is 0. The van der Waals surface area contributed by atoms with E-state index in [9.17, 15) is 9.59 Å². The van der Waals surface area contributed by atoms with Gasteiger partial charge in [0.2, 0.25) is 0 Å². The first-order valence-corrected chi connectivity index (χ1v) is 9.21. The van der Waals surface area contributed by atoms with Crippen LogP contribution in [0.25, 0.3) is 11.0 Å². The van der Waals surface area contributed by atoms with Gasteiger partial charge in [0.1, 0.15) is 0 Å². The number of benzene rings is 1. The topological polar surface area (TPSA) is 69.0 Å². The molecular weight excluding hydrogens is 429 g/mol. The zero-order valence-corrected chi connectivity index (χ0v) is 16.2. The summed E-state index contributed by atoms with van der Waals surface area (Å²) in [6, 6.07) is 1.94. The van der Waals surface area contributed by atoms with Crippen molar-refractivity contribution in [1.82, 2.24) is 14.9 Å². The normalized spacial score (nSPS) is 15.7. The molecule has 0 radical (unpaired) electrons. The van der Waals surface area contributed by atoms with Crippen LogP contribution in [0.4, 0.5) is 0 Å². The highest BCUT2D eigenvalue weighted by atomic mass is 127. The number of halogens is 1. The molecule has 0 fully saturated rings. The lowest BCUT2D eigenvalue weighted by Crippen LogP contribution is -2.34. The van der Waals surface area contributed by atoms with Crippen molar-refractivity contribution in [3.63, 3.8) is 0 Å². The SMILES string of the molecule is C=C/C=C\C=C(/C)CN1CCc2c(I)cc3[nH]c(=O)c(=O)[nH]c3c2C1. The first-order chi connectivity index (χ1) is 12.0. The predicted molar refractivity (Wildman–Crippen MR) is 110 cm³/mol. The van der Waals surface area contributed by atoms with Crippen LogP contribution in [-0.4, -0.2) is 28.0 Å². The Morgan fingerprint density at radius 1 is 1.28 bits per heavy atom. The highest BCUT2D eigenvalue weighted by Gasteiger charge is 2.22. The van der Waals surface area contributed by atoms with Crippen molar-refractivity contribution in [2.45, 2.75) is 19.9 Å². The number of fused-ring (bicyclic) bond motifs is 3. The van der Waals surface area contributed by atoms with Gasteiger partial charge in [-0.1, -0.05) is 36.5 Å². The van der Waals surface area contributed by atoms with Crippen molar-refractivity contribution in [2.75, 3.05) is 13.1 Å². The van der Waals surface area contributed by atoms with Crippen molar-refractivity contribution < 1.29 is 0 Å². The standard InChI is InChI=1S/C19H20IN3O2/c1-3-4-5-6-12(2)10-23-8-7-13-14(11-23)17-16(9-15(13)20)21-18(24)19(25)22-17/h3-6,9H,1,7-8,10-11H2,2H3,(H,21,24)(H,22,25)/b5-4-,12-6+. The van der Waals surface area contributed by atoms with E-state index in [1.54, 1.807) is 6.08 Å². The van der Waals surface area contributed by atoms with Crippen molar-refractivity contribution >= 4 is 33.6 Å². The van der Waals surface area contributed by atoms with Crippen LogP contribution in [0.15, 0.2) is 52.1 Å². The number of H-pyrrole nitrogens is 2. The van der Waals surface area contributed by atoms with Gasteiger partial charge >= 0.3 is 11.1 Å². The fraction of sp³-hybridized carbons (Fsp3) is 0.263. The molecule has 1 aliphatic heterocycles. The van der Waals surface area contributed by atoms with Crippen molar-refractivity contribution in [3.05, 3.63) is 77.9 Å². The third-order valence-corrected chi connectivity index (χ3v) is 5.31. The van der Waals surface area contributed by atoms with E-state index in [1.807, 2.05) is 18.2 Å². The lowest BCUT2D eigenvalue weighted by Gasteiger charge is -2.30. The van der Waals surface area contributed by atoms with Crippen LogP contribution in [-0.2, 0) is 13.0 Å². The first-order valence-electron chi connectivity index (χ1n) is 8.13. The molecule has 0 amide bonds. The molecule has 6 heteroatoms. The molecule has 0 saturated carbocycles. The summed E-state index contributed by atoms with van der Waals surface area (Å²) in [6.45, 7) is 8.36. The van der Waals surface area contributed by atoms with Crippen LogP contribution in [0.1, 0.15) is 18.1 Å². The third-order valence-electron chi connectivity index (χ3n) is 4.35. The second-order valence-electron chi connectivity index (χ2n) is 6.24. The number of hydrogen-bond acceptors (Lipinski definition) is 3. The minimum Gasteiger partial charge on any atom is -0.316 e. The Labute approximate surface area is 159 Å². The molecule has 2 heterocycles. The van der Waals surface area contributed by atoms with Gasteiger partial charge in [-0.25, -0.2) is 0 Å². The molecule has 0 atom stereocenters. The van der Waals surface area contributed by atoms with Crippen LogP contribution in [0, 0.1) is 3.57 Å². The minimum absolute atomic E-state index is 0.598. The van der Waals surface area contributed by atoms with E-state index in [1.165, 1.54) is 11.1 Å². The lowest BCUT2D eigenvalue weighted by molar-refractivity contribution is 0.276. The minimum atomic E-state index is -0.608. The smallest absolute Gasteiger partial charge is 0.314 e. The molecule has 130 valence electrons. The van der Waals surface area contributed by atoms with E-state index in [0.717, 1.165) is 40.7 Å². The Kier molecular flexibility index (Phi) is 5.39.